The number of fused-ring (bicyclic) bond motifs is 2. The molecule has 5 aromatic rings. The van der Waals surface area contributed by atoms with E-state index in [1.807, 2.05) is 65.7 Å². The fraction of sp³-hybridized carbons (Fsp3) is 0.295. The SMILES string of the molecule is COc1cc2c3cc1Oc1ccc(cc1)C[C@H]1c4cc(c(OC)cc4CCN1C)Oc1c(OC)c(OC)cc4c1[C@H](C3)N(CC4)N2C(=O)c1ccccc1. The highest BCUT2D eigenvalue weighted by Crippen LogP contribution is 2.55. The summed E-state index contributed by atoms with van der Waals surface area (Å²) >= 11 is 0. The van der Waals surface area contributed by atoms with Crippen LogP contribution in [0.3, 0.4) is 0 Å². The molecule has 5 heterocycles. The van der Waals surface area contributed by atoms with Gasteiger partial charge in [0.05, 0.1) is 40.2 Å². The summed E-state index contributed by atoms with van der Waals surface area (Å²) in [6.07, 6.45) is 2.89. The van der Waals surface area contributed by atoms with E-state index in [9.17, 15) is 4.79 Å². The van der Waals surface area contributed by atoms with Crippen molar-refractivity contribution in [2.75, 3.05) is 53.6 Å². The predicted octanol–water partition coefficient (Wildman–Crippen LogP) is 8.11. The van der Waals surface area contributed by atoms with Gasteiger partial charge in [-0.15, -0.1) is 0 Å². The van der Waals surface area contributed by atoms with Crippen LogP contribution in [0.15, 0.2) is 84.9 Å². The summed E-state index contributed by atoms with van der Waals surface area (Å²) in [4.78, 5) is 17.1. The summed E-state index contributed by atoms with van der Waals surface area (Å²) < 4.78 is 37.7. The molecule has 0 N–H and O–H groups in total. The van der Waals surface area contributed by atoms with E-state index in [0.29, 0.717) is 70.9 Å². The fourth-order valence-corrected chi connectivity index (χ4v) is 8.65. The van der Waals surface area contributed by atoms with E-state index in [1.165, 1.54) is 16.7 Å². The molecule has 5 aliphatic heterocycles. The Hall–Kier alpha value is -5.71. The van der Waals surface area contributed by atoms with Gasteiger partial charge in [0.25, 0.3) is 5.91 Å². The van der Waals surface area contributed by atoms with E-state index in [2.05, 4.69) is 41.2 Å². The molecular weight excluding hydrogens is 682 g/mol. The number of anilines is 1. The molecular formula is C44H43N3O7. The molecule has 2 atom stereocenters. The normalized spacial score (nSPS) is 18.6. The van der Waals surface area contributed by atoms with Crippen molar-refractivity contribution in [3.05, 3.63) is 124 Å². The quantitative estimate of drug-likeness (QED) is 0.179. The van der Waals surface area contributed by atoms with Gasteiger partial charge >= 0.3 is 0 Å². The van der Waals surface area contributed by atoms with Crippen molar-refractivity contribution in [1.82, 2.24) is 9.91 Å². The lowest BCUT2D eigenvalue weighted by molar-refractivity contribution is 0.0796. The first-order valence-electron chi connectivity index (χ1n) is 18.4. The van der Waals surface area contributed by atoms with Gasteiger partial charge in [-0.05, 0) is 109 Å². The van der Waals surface area contributed by atoms with Crippen LogP contribution in [0.5, 0.6) is 46.0 Å². The zero-order valence-electron chi connectivity index (χ0n) is 31.2. The third-order valence-corrected chi connectivity index (χ3v) is 11.4. The summed E-state index contributed by atoms with van der Waals surface area (Å²) in [5.74, 6) is 4.49. The predicted molar refractivity (Wildman–Crippen MR) is 205 cm³/mol. The van der Waals surface area contributed by atoms with Crippen LogP contribution in [0.2, 0.25) is 0 Å². The van der Waals surface area contributed by atoms with Gasteiger partial charge in [0.15, 0.2) is 34.5 Å². The number of amides is 1. The Morgan fingerprint density at radius 2 is 1.39 bits per heavy atom. The van der Waals surface area contributed by atoms with Gasteiger partial charge in [-0.25, -0.2) is 10.0 Å². The number of rotatable bonds is 5. The van der Waals surface area contributed by atoms with Crippen molar-refractivity contribution in [2.24, 2.45) is 0 Å². The highest BCUT2D eigenvalue weighted by molar-refractivity contribution is 6.06. The number of likely N-dealkylation sites (N-methyl/N-ethyl adjacent to an activating group) is 1. The van der Waals surface area contributed by atoms with Crippen LogP contribution >= 0.6 is 0 Å². The number of ether oxygens (including phenoxy) is 6. The topological polar surface area (TPSA) is 82.2 Å². The van der Waals surface area contributed by atoms with E-state index in [0.717, 1.165) is 41.8 Å². The summed E-state index contributed by atoms with van der Waals surface area (Å²) in [5, 5.41) is 3.96. The average Bonchev–Trinajstić information content (AvgIpc) is 3.20. The van der Waals surface area contributed by atoms with Crippen molar-refractivity contribution < 1.29 is 33.2 Å². The van der Waals surface area contributed by atoms with Crippen molar-refractivity contribution in [3.63, 3.8) is 0 Å². The molecule has 54 heavy (non-hydrogen) atoms. The van der Waals surface area contributed by atoms with E-state index in [1.54, 1.807) is 28.4 Å². The van der Waals surface area contributed by atoms with Gasteiger partial charge in [0, 0.05) is 36.3 Å². The molecule has 5 aromatic carbocycles. The van der Waals surface area contributed by atoms with Crippen LogP contribution in [-0.2, 0) is 25.7 Å². The van der Waals surface area contributed by atoms with Crippen LogP contribution in [0, 0.1) is 0 Å². The number of hydrogen-bond donors (Lipinski definition) is 0. The van der Waals surface area contributed by atoms with Crippen molar-refractivity contribution in [3.8, 4) is 46.0 Å². The lowest BCUT2D eigenvalue weighted by atomic mass is 9.85. The third kappa shape index (κ3) is 5.59. The Labute approximate surface area is 315 Å². The van der Waals surface area contributed by atoms with Crippen molar-refractivity contribution >= 4 is 11.6 Å². The molecule has 10 heteroatoms. The first-order chi connectivity index (χ1) is 26.4. The molecule has 0 radical (unpaired) electrons. The van der Waals surface area contributed by atoms with Gasteiger partial charge in [-0.1, -0.05) is 30.3 Å². The second-order valence-corrected chi connectivity index (χ2v) is 14.3. The Kier molecular flexibility index (Phi) is 8.59. The number of hydrazine groups is 1. The highest BCUT2D eigenvalue weighted by Gasteiger charge is 2.44. The van der Waals surface area contributed by atoms with Gasteiger partial charge < -0.3 is 28.4 Å². The van der Waals surface area contributed by atoms with E-state index >= 15 is 0 Å². The Morgan fingerprint density at radius 1 is 0.685 bits per heavy atom. The minimum atomic E-state index is -0.314. The number of carbonyl (C=O) groups is 1. The molecule has 276 valence electrons. The standard InChI is InChI=1S/C44H43N3O7/c1-45-17-15-28-21-36(49-2)39-24-32(28)34(45)19-26-11-13-31(14-12-26)53-38-23-30-20-35-41-29(22-40(51-4)42(52-5)43(41)54-39)16-18-46(35)47(33(30)25-37(38)50-3)44(48)27-9-7-6-8-10-27/h6-14,21-25,34-35H,15-20H2,1-5H3/t34-,35-/m0/s1. The highest BCUT2D eigenvalue weighted by atomic mass is 16.5. The molecule has 10 rings (SSSR count). The first kappa shape index (κ1) is 34.1. The first-order valence-corrected chi connectivity index (χ1v) is 18.4. The zero-order valence-corrected chi connectivity index (χ0v) is 31.2. The van der Waals surface area contributed by atoms with Crippen LogP contribution in [0.4, 0.5) is 5.69 Å². The third-order valence-electron chi connectivity index (χ3n) is 11.4. The van der Waals surface area contributed by atoms with Gasteiger partial charge in [-0.3, -0.25) is 9.69 Å². The van der Waals surface area contributed by atoms with E-state index < -0.39 is 0 Å². The number of carbonyl (C=O) groups excluding carboxylic acids is 1. The zero-order chi connectivity index (χ0) is 37.1. The Balaban J connectivity index is 1.31. The minimum Gasteiger partial charge on any atom is -0.493 e. The molecule has 7 bridgehead atoms. The number of hydrogen-bond acceptors (Lipinski definition) is 9. The summed E-state index contributed by atoms with van der Waals surface area (Å²) in [7, 11) is 8.76. The maximum Gasteiger partial charge on any atom is 0.272 e. The van der Waals surface area contributed by atoms with Crippen LogP contribution in [0.1, 0.15) is 55.8 Å². The maximum absolute atomic E-state index is 14.7. The molecule has 5 aliphatic rings. The second kappa shape index (κ2) is 13.6. The maximum atomic E-state index is 14.7. The lowest BCUT2D eigenvalue weighted by Gasteiger charge is -2.48. The van der Waals surface area contributed by atoms with E-state index in [4.69, 9.17) is 28.4 Å². The summed E-state index contributed by atoms with van der Waals surface area (Å²) in [5.41, 5.74) is 7.86. The van der Waals surface area contributed by atoms with Gasteiger partial charge in [0.2, 0.25) is 5.75 Å². The molecule has 0 spiro atoms. The largest absolute Gasteiger partial charge is 0.493 e. The minimum absolute atomic E-state index is 0.107. The fourth-order valence-electron chi connectivity index (χ4n) is 8.65. The van der Waals surface area contributed by atoms with Crippen LogP contribution in [-0.4, -0.2) is 64.4 Å². The Morgan fingerprint density at radius 3 is 2.13 bits per heavy atom. The molecule has 0 saturated heterocycles. The van der Waals surface area contributed by atoms with E-state index in [-0.39, 0.29) is 18.0 Å². The lowest BCUT2D eigenvalue weighted by Crippen LogP contribution is -2.54. The molecule has 0 aliphatic carbocycles. The summed E-state index contributed by atoms with van der Waals surface area (Å²) in [6, 6.07) is 27.7. The number of nitrogens with zero attached hydrogens (tertiary/aromatic N) is 3. The molecule has 10 nitrogen and oxygen atoms in total. The Bertz CT molecular complexity index is 2260. The molecule has 0 saturated carbocycles. The second-order valence-electron chi connectivity index (χ2n) is 14.3. The smallest absolute Gasteiger partial charge is 0.272 e. The molecule has 0 aromatic heterocycles. The van der Waals surface area contributed by atoms with Gasteiger partial charge in [-0.2, -0.15) is 0 Å². The van der Waals surface area contributed by atoms with Gasteiger partial charge in [0.1, 0.15) is 5.75 Å². The van der Waals surface area contributed by atoms with Crippen molar-refractivity contribution in [1.29, 1.82) is 0 Å². The monoisotopic (exact) mass is 725 g/mol. The average molecular weight is 726 g/mol. The number of benzene rings is 5. The number of methoxy groups -OCH3 is 4. The molecule has 0 fully saturated rings. The summed E-state index contributed by atoms with van der Waals surface area (Å²) in [6.45, 7) is 1.50. The van der Waals surface area contributed by atoms with Crippen molar-refractivity contribution in [2.45, 2.75) is 37.8 Å². The molecule has 0 unspecified atom stereocenters. The van der Waals surface area contributed by atoms with Crippen LogP contribution < -0.4 is 33.4 Å². The van der Waals surface area contributed by atoms with Crippen LogP contribution in [0.25, 0.3) is 0 Å². The molecule has 1 amide bonds.